The fraction of sp³-hybridized carbons (Fsp3) is 0.133. The summed E-state index contributed by atoms with van der Waals surface area (Å²) < 4.78 is 1.04. The number of hydrogen-bond acceptors (Lipinski definition) is 3. The Morgan fingerprint density at radius 3 is 2.75 bits per heavy atom. The van der Waals surface area contributed by atoms with Crippen molar-refractivity contribution in [3.05, 3.63) is 52.5 Å². The maximum atomic E-state index is 5.89. The SMILES string of the molecule is CC(N)c1ccc(Sc2nc3ccccc3[nH]2)c(Br)c1. The Bertz CT molecular complexity index is 719. The van der Waals surface area contributed by atoms with E-state index in [1.807, 2.05) is 31.2 Å². The summed E-state index contributed by atoms with van der Waals surface area (Å²) in [6.45, 7) is 1.98. The average Bonchev–Trinajstić information content (AvgIpc) is 2.83. The summed E-state index contributed by atoms with van der Waals surface area (Å²) in [4.78, 5) is 9.00. The summed E-state index contributed by atoms with van der Waals surface area (Å²) in [5.74, 6) is 0. The molecule has 0 spiro atoms. The number of fused-ring (bicyclic) bond motifs is 1. The highest BCUT2D eigenvalue weighted by atomic mass is 79.9. The Morgan fingerprint density at radius 2 is 2.05 bits per heavy atom. The van der Waals surface area contributed by atoms with Crippen LogP contribution in [-0.4, -0.2) is 9.97 Å². The van der Waals surface area contributed by atoms with Crippen LogP contribution < -0.4 is 5.73 Å². The number of rotatable bonds is 3. The topological polar surface area (TPSA) is 54.7 Å². The van der Waals surface area contributed by atoms with Gasteiger partial charge in [0.1, 0.15) is 0 Å². The van der Waals surface area contributed by atoms with Crippen LogP contribution in [-0.2, 0) is 0 Å². The van der Waals surface area contributed by atoms with Crippen LogP contribution in [0.3, 0.4) is 0 Å². The van der Waals surface area contributed by atoms with E-state index in [1.54, 1.807) is 11.8 Å². The van der Waals surface area contributed by atoms with Crippen molar-refractivity contribution in [2.45, 2.75) is 23.0 Å². The molecule has 0 saturated carbocycles. The van der Waals surface area contributed by atoms with Crippen molar-refractivity contribution in [3.63, 3.8) is 0 Å². The molecule has 1 unspecified atom stereocenters. The second-order valence-electron chi connectivity index (χ2n) is 4.64. The lowest BCUT2D eigenvalue weighted by Gasteiger charge is -2.08. The summed E-state index contributed by atoms with van der Waals surface area (Å²) in [7, 11) is 0. The molecular weight excluding hydrogens is 334 g/mol. The molecule has 0 amide bonds. The van der Waals surface area contributed by atoms with E-state index < -0.39 is 0 Å². The number of halogens is 1. The van der Waals surface area contributed by atoms with Gasteiger partial charge in [-0.25, -0.2) is 4.98 Å². The minimum atomic E-state index is 0.0385. The van der Waals surface area contributed by atoms with E-state index in [-0.39, 0.29) is 6.04 Å². The van der Waals surface area contributed by atoms with E-state index in [4.69, 9.17) is 5.73 Å². The lowest BCUT2D eigenvalue weighted by Crippen LogP contribution is -2.04. The van der Waals surface area contributed by atoms with Crippen molar-refractivity contribution in [1.29, 1.82) is 0 Å². The highest BCUT2D eigenvalue weighted by Crippen LogP contribution is 2.34. The first-order valence-electron chi connectivity index (χ1n) is 6.31. The van der Waals surface area contributed by atoms with Crippen molar-refractivity contribution >= 4 is 38.7 Å². The van der Waals surface area contributed by atoms with E-state index >= 15 is 0 Å². The maximum Gasteiger partial charge on any atom is 0.171 e. The van der Waals surface area contributed by atoms with Gasteiger partial charge in [0.2, 0.25) is 0 Å². The minimum Gasteiger partial charge on any atom is -0.333 e. The largest absolute Gasteiger partial charge is 0.333 e. The molecule has 0 bridgehead atoms. The summed E-state index contributed by atoms with van der Waals surface area (Å²) in [5.41, 5.74) is 9.05. The Balaban J connectivity index is 1.90. The van der Waals surface area contributed by atoms with Crippen molar-refractivity contribution in [2.24, 2.45) is 5.73 Å². The molecule has 0 aliphatic heterocycles. The molecule has 0 fully saturated rings. The van der Waals surface area contributed by atoms with E-state index in [9.17, 15) is 0 Å². The number of aromatic nitrogens is 2. The summed E-state index contributed by atoms with van der Waals surface area (Å²) in [6, 6.07) is 14.3. The number of H-pyrrole nitrogens is 1. The van der Waals surface area contributed by atoms with Gasteiger partial charge >= 0.3 is 0 Å². The van der Waals surface area contributed by atoms with E-state index in [0.29, 0.717) is 0 Å². The second-order valence-corrected chi connectivity index (χ2v) is 6.52. The summed E-state index contributed by atoms with van der Waals surface area (Å²) >= 11 is 5.20. The van der Waals surface area contributed by atoms with Crippen LogP contribution in [0.2, 0.25) is 0 Å². The second kappa shape index (κ2) is 5.60. The molecule has 1 heterocycles. The van der Waals surface area contributed by atoms with E-state index in [0.717, 1.165) is 31.1 Å². The molecule has 3 N–H and O–H groups in total. The molecule has 3 rings (SSSR count). The molecule has 0 radical (unpaired) electrons. The Labute approximate surface area is 130 Å². The molecule has 5 heteroatoms. The number of para-hydroxylation sites is 2. The smallest absolute Gasteiger partial charge is 0.171 e. The van der Waals surface area contributed by atoms with Gasteiger partial charge in [-0.15, -0.1) is 0 Å². The lowest BCUT2D eigenvalue weighted by atomic mass is 10.1. The van der Waals surface area contributed by atoms with Crippen LogP contribution >= 0.6 is 27.7 Å². The van der Waals surface area contributed by atoms with Gasteiger partial charge in [0.25, 0.3) is 0 Å². The molecular formula is C15H14BrN3S. The van der Waals surface area contributed by atoms with Gasteiger partial charge in [0, 0.05) is 15.4 Å². The Morgan fingerprint density at radius 1 is 1.25 bits per heavy atom. The number of benzene rings is 2. The summed E-state index contributed by atoms with van der Waals surface area (Å²) in [5, 5.41) is 0.889. The summed E-state index contributed by atoms with van der Waals surface area (Å²) in [6.07, 6.45) is 0. The van der Waals surface area contributed by atoms with Gasteiger partial charge in [-0.3, -0.25) is 0 Å². The number of nitrogens with one attached hydrogen (secondary N) is 1. The van der Waals surface area contributed by atoms with Gasteiger partial charge in [-0.1, -0.05) is 30.0 Å². The van der Waals surface area contributed by atoms with Crippen LogP contribution in [0.25, 0.3) is 11.0 Å². The monoisotopic (exact) mass is 347 g/mol. The predicted molar refractivity (Wildman–Crippen MR) is 87.0 cm³/mol. The molecule has 0 aliphatic rings. The third kappa shape index (κ3) is 2.75. The highest BCUT2D eigenvalue weighted by Gasteiger charge is 2.09. The van der Waals surface area contributed by atoms with Gasteiger partial charge < -0.3 is 10.7 Å². The molecule has 102 valence electrons. The molecule has 20 heavy (non-hydrogen) atoms. The fourth-order valence-electron chi connectivity index (χ4n) is 1.96. The third-order valence-corrected chi connectivity index (χ3v) is 4.94. The van der Waals surface area contributed by atoms with E-state index in [1.165, 1.54) is 0 Å². The number of aromatic amines is 1. The van der Waals surface area contributed by atoms with Gasteiger partial charge in [-0.05, 0) is 52.7 Å². The third-order valence-electron chi connectivity index (χ3n) is 3.06. The van der Waals surface area contributed by atoms with Crippen LogP contribution in [0.1, 0.15) is 18.5 Å². The molecule has 1 atom stereocenters. The quantitative estimate of drug-likeness (QED) is 0.733. The normalized spacial score (nSPS) is 12.8. The maximum absolute atomic E-state index is 5.89. The van der Waals surface area contributed by atoms with Crippen molar-refractivity contribution in [2.75, 3.05) is 0 Å². The van der Waals surface area contributed by atoms with Gasteiger partial charge in [0.05, 0.1) is 11.0 Å². The minimum absolute atomic E-state index is 0.0385. The molecule has 1 aromatic heterocycles. The first kappa shape index (κ1) is 13.7. The van der Waals surface area contributed by atoms with Crippen LogP contribution in [0.4, 0.5) is 0 Å². The number of nitrogens with two attached hydrogens (primary N) is 1. The molecule has 2 aromatic carbocycles. The Hall–Kier alpha value is -1.30. The number of hydrogen-bond donors (Lipinski definition) is 2. The average molecular weight is 348 g/mol. The lowest BCUT2D eigenvalue weighted by molar-refractivity contribution is 0.815. The predicted octanol–water partition coefficient (Wildman–Crippen LogP) is 4.50. The molecule has 0 saturated heterocycles. The van der Waals surface area contributed by atoms with Crippen LogP contribution in [0.5, 0.6) is 0 Å². The molecule has 0 aliphatic carbocycles. The van der Waals surface area contributed by atoms with Crippen molar-refractivity contribution < 1.29 is 0 Å². The van der Waals surface area contributed by atoms with Crippen LogP contribution in [0.15, 0.2) is 57.0 Å². The zero-order chi connectivity index (χ0) is 14.1. The fourth-order valence-corrected chi connectivity index (χ4v) is 3.41. The first-order chi connectivity index (χ1) is 9.63. The first-order valence-corrected chi connectivity index (χ1v) is 7.92. The number of nitrogens with zero attached hydrogens (tertiary/aromatic N) is 1. The molecule has 3 aromatic rings. The zero-order valence-corrected chi connectivity index (χ0v) is 13.3. The Kier molecular flexibility index (Phi) is 3.83. The zero-order valence-electron chi connectivity index (χ0n) is 10.9. The van der Waals surface area contributed by atoms with Gasteiger partial charge in [0.15, 0.2) is 5.16 Å². The van der Waals surface area contributed by atoms with Gasteiger partial charge in [-0.2, -0.15) is 0 Å². The standard InChI is InChI=1S/C15H14BrN3S/c1-9(17)10-6-7-14(11(16)8-10)20-15-18-12-4-2-3-5-13(12)19-15/h2-9H,17H2,1H3,(H,18,19). The van der Waals surface area contributed by atoms with Crippen molar-refractivity contribution in [3.8, 4) is 0 Å². The highest BCUT2D eigenvalue weighted by molar-refractivity contribution is 9.10. The van der Waals surface area contributed by atoms with Crippen LogP contribution in [0, 0.1) is 0 Å². The number of imidazole rings is 1. The van der Waals surface area contributed by atoms with E-state index in [2.05, 4.69) is 44.1 Å². The molecule has 3 nitrogen and oxygen atoms in total. The van der Waals surface area contributed by atoms with Crippen molar-refractivity contribution in [1.82, 2.24) is 9.97 Å².